The minimum Gasteiger partial charge on any atom is -0.493 e. The first kappa shape index (κ1) is 20.7. The number of ether oxygens (including phenoxy) is 3. The fourth-order valence-corrected chi connectivity index (χ4v) is 4.38. The lowest BCUT2D eigenvalue weighted by molar-refractivity contribution is 0.0663. The van der Waals surface area contributed by atoms with Crippen LogP contribution in [0.25, 0.3) is 11.0 Å². The molecular formula is C24H31N3O3. The van der Waals surface area contributed by atoms with Gasteiger partial charge >= 0.3 is 0 Å². The molecule has 6 nitrogen and oxygen atoms in total. The van der Waals surface area contributed by atoms with E-state index in [2.05, 4.69) is 40.7 Å². The van der Waals surface area contributed by atoms with E-state index in [4.69, 9.17) is 19.2 Å². The molecule has 1 aromatic heterocycles. The summed E-state index contributed by atoms with van der Waals surface area (Å²) in [7, 11) is 3.37. The van der Waals surface area contributed by atoms with Gasteiger partial charge in [0.15, 0.2) is 11.5 Å². The Balaban J connectivity index is 1.64. The molecule has 2 aromatic carbocycles. The molecule has 0 aliphatic carbocycles. The maximum absolute atomic E-state index is 5.95. The molecule has 160 valence electrons. The lowest BCUT2D eigenvalue weighted by Crippen LogP contribution is -2.32. The maximum Gasteiger partial charge on any atom is 0.165 e. The Labute approximate surface area is 178 Å². The molecule has 4 rings (SSSR count). The van der Waals surface area contributed by atoms with E-state index in [0.29, 0.717) is 0 Å². The fraction of sp³-hybridized carbons (Fsp3) is 0.458. The van der Waals surface area contributed by atoms with Gasteiger partial charge in [0.2, 0.25) is 0 Å². The number of aryl methyl sites for hydroxylation is 1. The Morgan fingerprint density at radius 1 is 1.10 bits per heavy atom. The topological polar surface area (TPSA) is 48.8 Å². The molecule has 1 fully saturated rings. The Kier molecular flexibility index (Phi) is 6.55. The Morgan fingerprint density at radius 2 is 1.97 bits per heavy atom. The third kappa shape index (κ3) is 4.30. The zero-order valence-electron chi connectivity index (χ0n) is 18.1. The lowest BCUT2D eigenvalue weighted by atomic mass is 10.1. The van der Waals surface area contributed by atoms with Crippen LogP contribution in [0.4, 0.5) is 0 Å². The molecule has 1 atom stereocenters. The van der Waals surface area contributed by atoms with Gasteiger partial charge in [0, 0.05) is 31.8 Å². The van der Waals surface area contributed by atoms with Crippen LogP contribution in [0.1, 0.15) is 31.2 Å². The van der Waals surface area contributed by atoms with Crippen LogP contribution in [-0.2, 0) is 24.4 Å². The van der Waals surface area contributed by atoms with Crippen molar-refractivity contribution >= 4 is 11.0 Å². The van der Waals surface area contributed by atoms with Crippen molar-refractivity contribution in [2.24, 2.45) is 0 Å². The number of hydrogen-bond acceptors (Lipinski definition) is 5. The second-order valence-electron chi connectivity index (χ2n) is 7.72. The zero-order valence-corrected chi connectivity index (χ0v) is 18.1. The van der Waals surface area contributed by atoms with Crippen molar-refractivity contribution in [3.63, 3.8) is 0 Å². The van der Waals surface area contributed by atoms with Crippen molar-refractivity contribution < 1.29 is 14.2 Å². The first-order valence-electron chi connectivity index (χ1n) is 10.7. The van der Waals surface area contributed by atoms with Gasteiger partial charge in [-0.1, -0.05) is 24.3 Å². The number of nitrogens with zero attached hydrogens (tertiary/aromatic N) is 3. The molecule has 0 amide bonds. The number of methoxy groups -OCH3 is 2. The second-order valence-corrected chi connectivity index (χ2v) is 7.72. The van der Waals surface area contributed by atoms with Crippen LogP contribution >= 0.6 is 0 Å². The number of hydrogen-bond donors (Lipinski definition) is 0. The molecule has 2 heterocycles. The molecule has 1 unspecified atom stereocenters. The average molecular weight is 410 g/mol. The minimum absolute atomic E-state index is 0.265. The summed E-state index contributed by atoms with van der Waals surface area (Å²) in [4.78, 5) is 7.36. The predicted molar refractivity (Wildman–Crippen MR) is 118 cm³/mol. The third-order valence-corrected chi connectivity index (χ3v) is 5.78. The molecule has 6 heteroatoms. The van der Waals surface area contributed by atoms with Gasteiger partial charge in [-0.05, 0) is 38.0 Å². The summed E-state index contributed by atoms with van der Waals surface area (Å²) in [5.41, 5.74) is 3.34. The van der Waals surface area contributed by atoms with Crippen molar-refractivity contribution in [1.29, 1.82) is 0 Å². The van der Waals surface area contributed by atoms with Gasteiger partial charge in [-0.3, -0.25) is 4.90 Å². The molecule has 0 bridgehead atoms. The van der Waals surface area contributed by atoms with Crippen LogP contribution in [-0.4, -0.2) is 47.9 Å². The van der Waals surface area contributed by atoms with Gasteiger partial charge in [0.1, 0.15) is 5.82 Å². The zero-order chi connectivity index (χ0) is 20.9. The molecule has 1 aliphatic heterocycles. The van der Waals surface area contributed by atoms with E-state index in [1.165, 1.54) is 5.52 Å². The Bertz CT molecular complexity index is 979. The molecule has 1 aliphatic rings. The molecular weight excluding hydrogens is 378 g/mol. The highest BCUT2D eigenvalue weighted by Crippen LogP contribution is 2.32. The van der Waals surface area contributed by atoms with Crippen molar-refractivity contribution in [3.05, 3.63) is 53.9 Å². The maximum atomic E-state index is 5.95. The van der Waals surface area contributed by atoms with E-state index < -0.39 is 0 Å². The largest absolute Gasteiger partial charge is 0.493 e. The molecule has 0 N–H and O–H groups in total. The van der Waals surface area contributed by atoms with Gasteiger partial charge in [0.25, 0.3) is 0 Å². The lowest BCUT2D eigenvalue weighted by Gasteiger charge is -2.26. The molecule has 1 saturated heterocycles. The van der Waals surface area contributed by atoms with E-state index in [0.717, 1.165) is 74.0 Å². The number of benzene rings is 2. The SMILES string of the molecule is CCn1c(CN(Cc2cccc(OC)c2OC)CC2CCCO2)nc2ccccc21. The summed E-state index contributed by atoms with van der Waals surface area (Å²) < 4.78 is 19.4. The highest BCUT2D eigenvalue weighted by molar-refractivity contribution is 5.75. The minimum atomic E-state index is 0.265. The van der Waals surface area contributed by atoms with Crippen LogP contribution in [0, 0.1) is 0 Å². The first-order chi connectivity index (χ1) is 14.7. The van der Waals surface area contributed by atoms with Crippen LogP contribution in [0.3, 0.4) is 0 Å². The van der Waals surface area contributed by atoms with Crippen LogP contribution in [0.15, 0.2) is 42.5 Å². The highest BCUT2D eigenvalue weighted by Gasteiger charge is 2.23. The normalized spacial score (nSPS) is 16.5. The fourth-order valence-electron chi connectivity index (χ4n) is 4.38. The average Bonchev–Trinajstić information content (AvgIpc) is 3.40. The first-order valence-corrected chi connectivity index (χ1v) is 10.7. The highest BCUT2D eigenvalue weighted by atomic mass is 16.5. The predicted octanol–water partition coefficient (Wildman–Crippen LogP) is 4.25. The number of rotatable bonds is 9. The molecule has 30 heavy (non-hydrogen) atoms. The van der Waals surface area contributed by atoms with E-state index >= 15 is 0 Å². The summed E-state index contributed by atoms with van der Waals surface area (Å²) in [6.45, 7) is 6.29. The van der Waals surface area contributed by atoms with Gasteiger partial charge < -0.3 is 18.8 Å². The van der Waals surface area contributed by atoms with Crippen molar-refractivity contribution in [2.45, 2.75) is 45.5 Å². The second kappa shape index (κ2) is 9.49. The molecule has 3 aromatic rings. The number of aromatic nitrogens is 2. The molecule has 0 saturated carbocycles. The Hall–Kier alpha value is -2.57. The summed E-state index contributed by atoms with van der Waals surface area (Å²) in [5.74, 6) is 2.63. The summed E-state index contributed by atoms with van der Waals surface area (Å²) in [6.07, 6.45) is 2.51. The number of para-hydroxylation sites is 3. The van der Waals surface area contributed by atoms with Gasteiger partial charge in [-0.2, -0.15) is 0 Å². The quantitative estimate of drug-likeness (QED) is 0.529. The van der Waals surface area contributed by atoms with E-state index in [1.807, 2.05) is 18.2 Å². The van der Waals surface area contributed by atoms with Crippen molar-refractivity contribution in [1.82, 2.24) is 14.5 Å². The number of fused-ring (bicyclic) bond motifs is 1. The monoisotopic (exact) mass is 409 g/mol. The Morgan fingerprint density at radius 3 is 2.70 bits per heavy atom. The third-order valence-electron chi connectivity index (χ3n) is 5.78. The summed E-state index contributed by atoms with van der Waals surface area (Å²) in [6, 6.07) is 14.4. The van der Waals surface area contributed by atoms with Crippen LogP contribution in [0.2, 0.25) is 0 Å². The van der Waals surface area contributed by atoms with Gasteiger partial charge in [-0.15, -0.1) is 0 Å². The van der Waals surface area contributed by atoms with E-state index in [-0.39, 0.29) is 6.10 Å². The van der Waals surface area contributed by atoms with E-state index in [1.54, 1.807) is 14.2 Å². The standard InChI is InChI=1S/C24H31N3O3/c1-4-27-21-12-6-5-11-20(21)25-23(27)17-26(16-19-10-8-14-30-19)15-18-9-7-13-22(28-2)24(18)29-3/h5-7,9,11-13,19H,4,8,10,14-17H2,1-3H3. The van der Waals surface area contributed by atoms with Crippen molar-refractivity contribution in [3.8, 4) is 11.5 Å². The van der Waals surface area contributed by atoms with Crippen molar-refractivity contribution in [2.75, 3.05) is 27.4 Å². The van der Waals surface area contributed by atoms with Crippen LogP contribution < -0.4 is 9.47 Å². The smallest absolute Gasteiger partial charge is 0.165 e. The molecule has 0 spiro atoms. The van der Waals surface area contributed by atoms with Gasteiger partial charge in [0.05, 0.1) is 37.9 Å². The molecule has 0 radical (unpaired) electrons. The van der Waals surface area contributed by atoms with E-state index in [9.17, 15) is 0 Å². The summed E-state index contributed by atoms with van der Waals surface area (Å²) >= 11 is 0. The van der Waals surface area contributed by atoms with Gasteiger partial charge in [-0.25, -0.2) is 4.98 Å². The number of imidazole rings is 1. The van der Waals surface area contributed by atoms with Crippen LogP contribution in [0.5, 0.6) is 11.5 Å². The summed E-state index contributed by atoms with van der Waals surface area (Å²) in [5, 5.41) is 0.